The van der Waals surface area contributed by atoms with E-state index in [0.29, 0.717) is 14.4 Å². The zero-order chi connectivity index (χ0) is 9.14. The van der Waals surface area contributed by atoms with E-state index < -0.39 is 5.97 Å². The summed E-state index contributed by atoms with van der Waals surface area (Å²) in [4.78, 5) is 14.9. The summed E-state index contributed by atoms with van der Waals surface area (Å²) < 4.78 is 5.18. The number of rotatable bonds is 1. The van der Waals surface area contributed by atoms with Gasteiger partial charge in [0.1, 0.15) is 8.85 Å². The number of carbonyl (C=O) groups excluding carboxylic acids is 1. The number of ether oxygens (including phenoxy) is 1. The molecule has 3 nitrogen and oxygen atoms in total. The summed E-state index contributed by atoms with van der Waals surface area (Å²) in [6.07, 6.45) is 0. The van der Waals surface area contributed by atoms with E-state index in [4.69, 9.17) is 11.6 Å². The van der Waals surface area contributed by atoms with Crippen molar-refractivity contribution in [3.8, 4) is 0 Å². The van der Waals surface area contributed by atoms with E-state index in [-0.39, 0.29) is 0 Å². The lowest BCUT2D eigenvalue weighted by Gasteiger charge is -1.99. The number of hydrogen-bond donors (Lipinski definition) is 0. The molecule has 0 spiro atoms. The fourth-order valence-corrected chi connectivity index (χ4v) is 1.65. The first-order valence-electron chi connectivity index (χ1n) is 3.05. The predicted octanol–water partition coefficient (Wildman–Crippen LogP) is 2.13. The highest BCUT2D eigenvalue weighted by Gasteiger charge is 2.07. The van der Waals surface area contributed by atoms with Crippen LogP contribution in [0.1, 0.15) is 10.4 Å². The van der Waals surface area contributed by atoms with Gasteiger partial charge in [-0.05, 0) is 34.7 Å². The van der Waals surface area contributed by atoms with Gasteiger partial charge in [-0.25, -0.2) is 9.78 Å². The van der Waals surface area contributed by atoms with Crippen LogP contribution in [0, 0.1) is 3.70 Å². The maximum absolute atomic E-state index is 11.0. The quantitative estimate of drug-likeness (QED) is 0.453. The van der Waals surface area contributed by atoms with Crippen LogP contribution in [0.3, 0.4) is 0 Å². The van der Waals surface area contributed by atoms with Crippen LogP contribution in [0.15, 0.2) is 12.1 Å². The van der Waals surface area contributed by atoms with Gasteiger partial charge in [0.25, 0.3) is 0 Å². The van der Waals surface area contributed by atoms with Crippen LogP contribution in [-0.2, 0) is 4.74 Å². The van der Waals surface area contributed by atoms with Gasteiger partial charge in [-0.1, -0.05) is 11.6 Å². The largest absolute Gasteiger partial charge is 0.465 e. The van der Waals surface area contributed by atoms with Gasteiger partial charge < -0.3 is 4.74 Å². The highest BCUT2D eigenvalue weighted by atomic mass is 127. The number of carbonyl (C=O) groups is 1. The normalized spacial score (nSPS) is 9.58. The Morgan fingerprint density at radius 2 is 2.33 bits per heavy atom. The van der Waals surface area contributed by atoms with Crippen LogP contribution in [0.5, 0.6) is 0 Å². The molecule has 1 rings (SSSR count). The van der Waals surface area contributed by atoms with Gasteiger partial charge in [-0.15, -0.1) is 0 Å². The number of esters is 1. The van der Waals surface area contributed by atoms with Gasteiger partial charge in [0.15, 0.2) is 0 Å². The Labute approximate surface area is 88.2 Å². The van der Waals surface area contributed by atoms with Crippen LogP contribution < -0.4 is 0 Å². The smallest absolute Gasteiger partial charge is 0.338 e. The molecule has 0 bridgehead atoms. The van der Waals surface area contributed by atoms with Gasteiger partial charge in [0.05, 0.1) is 12.7 Å². The van der Waals surface area contributed by atoms with Gasteiger partial charge in [0.2, 0.25) is 0 Å². The van der Waals surface area contributed by atoms with Crippen LogP contribution in [0.2, 0.25) is 5.15 Å². The highest BCUT2D eigenvalue weighted by molar-refractivity contribution is 14.1. The number of hydrogen-bond acceptors (Lipinski definition) is 3. The minimum atomic E-state index is -0.405. The van der Waals surface area contributed by atoms with Gasteiger partial charge in [0, 0.05) is 0 Å². The molecule has 12 heavy (non-hydrogen) atoms. The molecule has 0 fully saturated rings. The molecule has 0 N–H and O–H groups in total. The Balaban J connectivity index is 3.08. The summed E-state index contributed by atoms with van der Waals surface area (Å²) in [5, 5.41) is 0.294. The molecule has 1 aromatic rings. The molecule has 0 unspecified atom stereocenters. The van der Waals surface area contributed by atoms with Gasteiger partial charge >= 0.3 is 5.97 Å². The van der Waals surface area contributed by atoms with Gasteiger partial charge in [-0.3, -0.25) is 0 Å². The molecule has 1 aromatic heterocycles. The zero-order valence-electron chi connectivity index (χ0n) is 6.17. The molecular formula is C7H5ClINO2. The molecule has 0 saturated carbocycles. The fourth-order valence-electron chi connectivity index (χ4n) is 0.701. The van der Waals surface area contributed by atoms with Crippen molar-refractivity contribution >= 4 is 40.2 Å². The first-order valence-corrected chi connectivity index (χ1v) is 4.50. The minimum Gasteiger partial charge on any atom is -0.465 e. The molecule has 0 aliphatic rings. The minimum absolute atomic E-state index is 0.294. The molecule has 0 atom stereocenters. The molecule has 0 aromatic carbocycles. The highest BCUT2D eigenvalue weighted by Crippen LogP contribution is 2.12. The second-order valence-corrected chi connectivity index (χ2v) is 3.49. The monoisotopic (exact) mass is 297 g/mol. The standard InChI is InChI=1S/C7H5ClINO2/c1-12-7(11)4-2-5(8)10-6(9)3-4/h2-3H,1H3. The van der Waals surface area contributed by atoms with Gasteiger partial charge in [-0.2, -0.15) is 0 Å². The summed E-state index contributed by atoms with van der Waals surface area (Å²) in [7, 11) is 1.32. The van der Waals surface area contributed by atoms with E-state index >= 15 is 0 Å². The van der Waals surface area contributed by atoms with Crippen LogP contribution >= 0.6 is 34.2 Å². The van der Waals surface area contributed by atoms with Crippen molar-refractivity contribution in [3.63, 3.8) is 0 Å². The third-order valence-electron chi connectivity index (χ3n) is 1.18. The van der Waals surface area contributed by atoms with Crippen LogP contribution in [0.25, 0.3) is 0 Å². The Morgan fingerprint density at radius 1 is 1.67 bits per heavy atom. The van der Waals surface area contributed by atoms with Crippen molar-refractivity contribution < 1.29 is 9.53 Å². The number of halogens is 2. The van der Waals surface area contributed by atoms with Crippen molar-refractivity contribution in [3.05, 3.63) is 26.5 Å². The number of nitrogens with zero attached hydrogens (tertiary/aromatic N) is 1. The fraction of sp³-hybridized carbons (Fsp3) is 0.143. The molecule has 0 saturated heterocycles. The molecule has 1 heterocycles. The summed E-state index contributed by atoms with van der Waals surface area (Å²) in [6, 6.07) is 3.08. The Morgan fingerprint density at radius 3 is 2.83 bits per heavy atom. The SMILES string of the molecule is COC(=O)c1cc(Cl)nc(I)c1. The lowest BCUT2D eigenvalue weighted by molar-refractivity contribution is 0.0600. The summed E-state index contributed by atoms with van der Waals surface area (Å²) in [6.45, 7) is 0. The van der Waals surface area contributed by atoms with Crippen molar-refractivity contribution in [2.24, 2.45) is 0 Å². The lowest BCUT2D eigenvalue weighted by atomic mass is 10.3. The van der Waals surface area contributed by atoms with E-state index in [1.165, 1.54) is 13.2 Å². The lowest BCUT2D eigenvalue weighted by Crippen LogP contribution is -2.02. The van der Waals surface area contributed by atoms with E-state index in [1.54, 1.807) is 6.07 Å². The number of methoxy groups -OCH3 is 1. The zero-order valence-corrected chi connectivity index (χ0v) is 9.09. The number of pyridine rings is 1. The summed E-state index contributed by atoms with van der Waals surface area (Å²) in [5.41, 5.74) is 0.418. The topological polar surface area (TPSA) is 39.2 Å². The number of aromatic nitrogens is 1. The molecule has 0 radical (unpaired) electrons. The van der Waals surface area contributed by atoms with E-state index in [9.17, 15) is 4.79 Å². The second-order valence-electron chi connectivity index (χ2n) is 1.99. The van der Waals surface area contributed by atoms with Crippen molar-refractivity contribution in [2.75, 3.05) is 7.11 Å². The molecule has 64 valence electrons. The molecule has 5 heteroatoms. The molecular weight excluding hydrogens is 292 g/mol. The van der Waals surface area contributed by atoms with Crippen molar-refractivity contribution in [1.29, 1.82) is 0 Å². The van der Waals surface area contributed by atoms with Crippen molar-refractivity contribution in [1.82, 2.24) is 4.98 Å². The van der Waals surface area contributed by atoms with Crippen LogP contribution in [-0.4, -0.2) is 18.1 Å². The predicted molar refractivity (Wildman–Crippen MR) is 53.3 cm³/mol. The second kappa shape index (κ2) is 4.04. The first-order chi connectivity index (χ1) is 5.63. The maximum Gasteiger partial charge on any atom is 0.338 e. The van der Waals surface area contributed by atoms with E-state index in [1.807, 2.05) is 22.6 Å². The maximum atomic E-state index is 11.0. The Hall–Kier alpha value is -0.360. The average Bonchev–Trinajstić information content (AvgIpc) is 2.01. The van der Waals surface area contributed by atoms with Crippen molar-refractivity contribution in [2.45, 2.75) is 0 Å². The molecule has 0 amide bonds. The Kier molecular flexibility index (Phi) is 3.28. The summed E-state index contributed by atoms with van der Waals surface area (Å²) >= 11 is 7.60. The Bertz CT molecular complexity index is 296. The molecule has 0 aliphatic carbocycles. The average molecular weight is 297 g/mol. The first kappa shape index (κ1) is 9.73. The summed E-state index contributed by atoms with van der Waals surface area (Å²) in [5.74, 6) is -0.405. The van der Waals surface area contributed by atoms with Crippen LogP contribution in [0.4, 0.5) is 0 Å². The third-order valence-corrected chi connectivity index (χ3v) is 1.93. The third kappa shape index (κ3) is 2.31. The van der Waals surface area contributed by atoms with E-state index in [0.717, 1.165) is 0 Å². The van der Waals surface area contributed by atoms with E-state index in [2.05, 4.69) is 9.72 Å². The molecule has 0 aliphatic heterocycles.